The monoisotopic (exact) mass is 534 g/mol. The van der Waals surface area contributed by atoms with E-state index < -0.39 is 35.3 Å². The van der Waals surface area contributed by atoms with Crippen molar-refractivity contribution in [2.24, 2.45) is 5.41 Å². The number of nitrogens with zero attached hydrogens (tertiary/aromatic N) is 2. The molecule has 1 aliphatic heterocycles. The second kappa shape index (κ2) is 10.1. The summed E-state index contributed by atoms with van der Waals surface area (Å²) in [6.07, 6.45) is 1.50. The van der Waals surface area contributed by atoms with Gasteiger partial charge in [-0.2, -0.15) is 0 Å². The van der Waals surface area contributed by atoms with E-state index >= 15 is 0 Å². The number of carbonyl (C=O) groups excluding carboxylic acids is 2. The molecule has 34 heavy (non-hydrogen) atoms. The summed E-state index contributed by atoms with van der Waals surface area (Å²) in [5.74, 6) is 0.354. The van der Waals surface area contributed by atoms with Gasteiger partial charge in [0.25, 0.3) is 0 Å². The lowest BCUT2D eigenvalue weighted by atomic mass is 9.85. The summed E-state index contributed by atoms with van der Waals surface area (Å²) in [6.45, 7) is 11.2. The van der Waals surface area contributed by atoms with Crippen LogP contribution in [0.15, 0.2) is 34.9 Å². The Balaban J connectivity index is 1.79. The first-order valence-corrected chi connectivity index (χ1v) is 12.3. The van der Waals surface area contributed by atoms with Gasteiger partial charge in [-0.1, -0.05) is 48.8 Å². The van der Waals surface area contributed by atoms with Crippen LogP contribution >= 0.6 is 15.9 Å². The summed E-state index contributed by atoms with van der Waals surface area (Å²) in [4.78, 5) is 35.6. The van der Waals surface area contributed by atoms with Gasteiger partial charge in [-0.25, -0.2) is 9.78 Å². The molecule has 9 heteroatoms. The number of carbonyl (C=O) groups is 2. The highest BCUT2D eigenvalue weighted by Gasteiger charge is 2.43. The van der Waals surface area contributed by atoms with Crippen LogP contribution in [0.2, 0.25) is 0 Å². The quantitative estimate of drug-likeness (QED) is 0.528. The van der Waals surface area contributed by atoms with Crippen LogP contribution in [0.25, 0.3) is 0 Å². The smallest absolute Gasteiger partial charge is 0.408 e. The summed E-state index contributed by atoms with van der Waals surface area (Å²) in [7, 11) is 0. The summed E-state index contributed by atoms with van der Waals surface area (Å²) < 4.78 is 6.40. The Kier molecular flexibility index (Phi) is 7.77. The van der Waals surface area contributed by atoms with Crippen LogP contribution in [0.1, 0.15) is 71.1 Å². The third kappa shape index (κ3) is 6.82. The van der Waals surface area contributed by atoms with Crippen LogP contribution in [0.5, 0.6) is 0 Å². The van der Waals surface area contributed by atoms with Gasteiger partial charge in [0.05, 0.1) is 12.1 Å². The first-order valence-electron chi connectivity index (χ1n) is 11.5. The van der Waals surface area contributed by atoms with E-state index in [4.69, 9.17) is 4.74 Å². The predicted octanol–water partition coefficient (Wildman–Crippen LogP) is 4.34. The molecule has 2 amide bonds. The number of alkyl carbamates (subject to hydrolysis) is 1. The number of imidazole rings is 1. The van der Waals surface area contributed by atoms with Crippen LogP contribution in [0, 0.1) is 5.41 Å². The molecule has 3 atom stereocenters. The maximum atomic E-state index is 13.7. The molecule has 2 aromatic rings. The number of β-amino-alcohol motifs (C(OH)–C–C–N with tert-alkyl or cyclic N) is 1. The van der Waals surface area contributed by atoms with E-state index in [-0.39, 0.29) is 12.5 Å². The third-order valence-corrected chi connectivity index (χ3v) is 6.14. The zero-order valence-electron chi connectivity index (χ0n) is 20.7. The lowest BCUT2D eigenvalue weighted by molar-refractivity contribution is -0.137. The molecule has 0 aliphatic carbocycles. The Morgan fingerprint density at radius 2 is 1.88 bits per heavy atom. The number of ether oxygens (including phenoxy) is 1. The average molecular weight is 535 g/mol. The van der Waals surface area contributed by atoms with Crippen LogP contribution in [-0.2, 0) is 16.0 Å². The molecule has 1 unspecified atom stereocenters. The Labute approximate surface area is 209 Å². The molecule has 8 nitrogen and oxygen atoms in total. The number of hydrogen-bond donors (Lipinski definition) is 3. The molecular weight excluding hydrogens is 500 g/mol. The minimum atomic E-state index is -0.827. The fraction of sp³-hybridized carbons (Fsp3) is 0.560. The molecule has 3 rings (SSSR count). The number of amides is 2. The van der Waals surface area contributed by atoms with Gasteiger partial charge in [-0.15, -0.1) is 0 Å². The number of hydrogen-bond acceptors (Lipinski definition) is 5. The fourth-order valence-electron chi connectivity index (χ4n) is 4.01. The van der Waals surface area contributed by atoms with Gasteiger partial charge in [0, 0.05) is 35.7 Å². The van der Waals surface area contributed by atoms with Crippen molar-refractivity contribution >= 4 is 27.9 Å². The fourth-order valence-corrected chi connectivity index (χ4v) is 4.28. The molecule has 1 aromatic heterocycles. The molecule has 1 aliphatic rings. The second-order valence-corrected chi connectivity index (χ2v) is 11.9. The van der Waals surface area contributed by atoms with E-state index in [0.29, 0.717) is 18.7 Å². The molecule has 0 spiro atoms. The highest BCUT2D eigenvalue weighted by Crippen LogP contribution is 2.33. The Bertz CT molecular complexity index is 1010. The van der Waals surface area contributed by atoms with Gasteiger partial charge < -0.3 is 25.0 Å². The molecule has 186 valence electrons. The van der Waals surface area contributed by atoms with Crippen molar-refractivity contribution in [3.63, 3.8) is 0 Å². The summed E-state index contributed by atoms with van der Waals surface area (Å²) in [6, 6.07) is 6.82. The molecule has 2 heterocycles. The maximum Gasteiger partial charge on any atom is 0.408 e. The van der Waals surface area contributed by atoms with E-state index in [9.17, 15) is 14.7 Å². The van der Waals surface area contributed by atoms with Crippen LogP contribution < -0.4 is 5.32 Å². The largest absolute Gasteiger partial charge is 0.444 e. The van der Waals surface area contributed by atoms with Crippen molar-refractivity contribution in [2.45, 2.75) is 78.2 Å². The van der Waals surface area contributed by atoms with Crippen molar-refractivity contribution < 1.29 is 19.4 Å². The molecule has 0 radical (unpaired) electrons. The number of aliphatic hydroxyl groups is 1. The first-order chi connectivity index (χ1) is 15.7. The minimum absolute atomic E-state index is 0.175. The highest BCUT2D eigenvalue weighted by molar-refractivity contribution is 9.10. The minimum Gasteiger partial charge on any atom is -0.444 e. The van der Waals surface area contributed by atoms with Gasteiger partial charge in [0.2, 0.25) is 5.91 Å². The molecule has 1 fully saturated rings. The third-order valence-electron chi connectivity index (χ3n) is 5.61. The molecule has 1 saturated heterocycles. The number of aromatic nitrogens is 2. The number of aliphatic hydroxyl groups excluding tert-OH is 1. The summed E-state index contributed by atoms with van der Waals surface area (Å²) >= 11 is 3.44. The topological polar surface area (TPSA) is 108 Å². The normalized spacial score (nSPS) is 19.7. The molecule has 0 saturated carbocycles. The maximum absolute atomic E-state index is 13.7. The molecular formula is C25H35BrN4O4. The molecule has 1 aromatic carbocycles. The lowest BCUT2D eigenvalue weighted by Crippen LogP contribution is -2.55. The van der Waals surface area contributed by atoms with Crippen LogP contribution in [0.4, 0.5) is 4.79 Å². The van der Waals surface area contributed by atoms with Crippen LogP contribution in [-0.4, -0.2) is 56.3 Å². The van der Waals surface area contributed by atoms with Gasteiger partial charge >= 0.3 is 6.09 Å². The number of nitrogens with one attached hydrogen (secondary N) is 2. The van der Waals surface area contributed by atoms with Gasteiger partial charge in [-0.05, 0) is 43.9 Å². The average Bonchev–Trinajstić information content (AvgIpc) is 3.31. The number of halogens is 1. The summed E-state index contributed by atoms with van der Waals surface area (Å²) in [5, 5.41) is 13.2. The Hall–Kier alpha value is -2.39. The number of aromatic amines is 1. The Morgan fingerprint density at radius 1 is 1.24 bits per heavy atom. The zero-order valence-corrected chi connectivity index (χ0v) is 22.3. The molecule has 3 N–H and O–H groups in total. The second-order valence-electron chi connectivity index (χ2n) is 10.9. The van der Waals surface area contributed by atoms with Crippen LogP contribution in [0.3, 0.4) is 0 Å². The standard InChI is InChI=1S/C25H35BrN4O4/c1-24(2,3)20(29-23(33)34-25(4,5)6)22(32)30-14-18(31)12-19(30)21-27-13-17(28-21)11-15-7-9-16(26)10-8-15/h7-10,13,18-20,31H,11-12,14H2,1-6H3,(H,27,28)(H,29,33)/t18-,19+,20?/m1/s1. The lowest BCUT2D eigenvalue weighted by Gasteiger charge is -2.35. The number of likely N-dealkylation sites (tertiary alicyclic amines) is 1. The zero-order chi connectivity index (χ0) is 25.3. The van der Waals surface area contributed by atoms with Gasteiger partial charge in [0.1, 0.15) is 17.5 Å². The van der Waals surface area contributed by atoms with E-state index in [0.717, 1.165) is 15.7 Å². The Morgan fingerprint density at radius 3 is 2.47 bits per heavy atom. The summed E-state index contributed by atoms with van der Waals surface area (Å²) in [5.41, 5.74) is 0.807. The predicted molar refractivity (Wildman–Crippen MR) is 133 cm³/mol. The van der Waals surface area contributed by atoms with Gasteiger partial charge in [0.15, 0.2) is 0 Å². The van der Waals surface area contributed by atoms with Crippen molar-refractivity contribution in [3.05, 3.63) is 52.0 Å². The number of benzene rings is 1. The number of rotatable bonds is 5. The highest BCUT2D eigenvalue weighted by atomic mass is 79.9. The first kappa shape index (κ1) is 26.2. The van der Waals surface area contributed by atoms with Crippen molar-refractivity contribution in [3.8, 4) is 0 Å². The molecule has 0 bridgehead atoms. The van der Waals surface area contributed by atoms with Gasteiger partial charge in [-0.3, -0.25) is 4.79 Å². The number of H-pyrrole nitrogens is 1. The van der Waals surface area contributed by atoms with E-state index in [2.05, 4.69) is 31.2 Å². The van der Waals surface area contributed by atoms with E-state index in [1.54, 1.807) is 31.9 Å². The van der Waals surface area contributed by atoms with Crippen molar-refractivity contribution in [1.29, 1.82) is 0 Å². The van der Waals surface area contributed by atoms with E-state index in [1.807, 2.05) is 45.0 Å². The van der Waals surface area contributed by atoms with Crippen molar-refractivity contribution in [2.75, 3.05) is 6.54 Å². The SMILES string of the molecule is CC(C)(C)OC(=O)NC(C(=O)N1C[C@H](O)C[C@H]1c1ncc(Cc2ccc(Br)cc2)[nH]1)C(C)(C)C. The van der Waals surface area contributed by atoms with E-state index in [1.165, 1.54) is 0 Å². The van der Waals surface area contributed by atoms with Crippen molar-refractivity contribution in [1.82, 2.24) is 20.2 Å².